The Morgan fingerprint density at radius 1 is 0.296 bits per heavy atom. The van der Waals surface area contributed by atoms with Gasteiger partial charge < -0.3 is 13.9 Å². The van der Waals surface area contributed by atoms with E-state index in [1.165, 1.54) is 48.9 Å². The molecule has 3 heteroatoms. The fourth-order valence-corrected chi connectivity index (χ4v) is 11.1. The maximum atomic E-state index is 6.70. The summed E-state index contributed by atoms with van der Waals surface area (Å²) in [5.74, 6) is 0. The molecule has 332 valence electrons. The summed E-state index contributed by atoms with van der Waals surface area (Å²) in [6.45, 7) is 0. The van der Waals surface area contributed by atoms with Crippen LogP contribution >= 0.6 is 0 Å². The van der Waals surface area contributed by atoms with Crippen molar-refractivity contribution >= 4 is 82.4 Å². The summed E-state index contributed by atoms with van der Waals surface area (Å²) in [4.78, 5) is 2.43. The molecule has 0 amide bonds. The highest BCUT2D eigenvalue weighted by atomic mass is 16.3. The second-order valence-electron chi connectivity index (χ2n) is 18.4. The largest absolute Gasteiger partial charge is 0.455 e. The molecule has 12 aromatic carbocycles. The molecule has 0 N–H and O–H groups in total. The molecule has 0 spiro atoms. The third-order valence-corrected chi connectivity index (χ3v) is 14.4. The van der Waals surface area contributed by atoms with Gasteiger partial charge in [0.05, 0.1) is 28.1 Å². The van der Waals surface area contributed by atoms with Crippen LogP contribution in [0.15, 0.2) is 271 Å². The normalized spacial score (nSPS) is 11.7. The lowest BCUT2D eigenvalue weighted by molar-refractivity contribution is 0.670. The Bertz CT molecular complexity index is 4310. The number of furan rings is 1. The first-order valence-electron chi connectivity index (χ1n) is 24.3. The van der Waals surface area contributed by atoms with E-state index in [-0.39, 0.29) is 0 Å². The van der Waals surface area contributed by atoms with Crippen LogP contribution in [0.5, 0.6) is 0 Å². The number of nitrogens with zero attached hydrogens (tertiary/aromatic N) is 2. The zero-order valence-corrected chi connectivity index (χ0v) is 38.7. The number of benzene rings is 12. The monoisotopic (exact) mass is 904 g/mol. The number of hydrogen-bond acceptors (Lipinski definition) is 2. The van der Waals surface area contributed by atoms with E-state index in [1.807, 2.05) is 6.07 Å². The van der Waals surface area contributed by atoms with Gasteiger partial charge in [-0.1, -0.05) is 206 Å². The summed E-state index contributed by atoms with van der Waals surface area (Å²) in [5.41, 5.74) is 17.5. The van der Waals surface area contributed by atoms with Crippen molar-refractivity contribution in [1.82, 2.24) is 4.57 Å². The van der Waals surface area contributed by atoms with E-state index in [1.54, 1.807) is 0 Å². The van der Waals surface area contributed by atoms with Gasteiger partial charge >= 0.3 is 0 Å². The second-order valence-corrected chi connectivity index (χ2v) is 18.4. The van der Waals surface area contributed by atoms with Gasteiger partial charge in [-0.05, 0) is 104 Å². The Morgan fingerprint density at radius 2 is 0.831 bits per heavy atom. The van der Waals surface area contributed by atoms with Crippen molar-refractivity contribution in [1.29, 1.82) is 0 Å². The van der Waals surface area contributed by atoms with Crippen molar-refractivity contribution in [2.45, 2.75) is 0 Å². The van der Waals surface area contributed by atoms with E-state index < -0.39 is 0 Å². The van der Waals surface area contributed by atoms with Crippen LogP contribution in [-0.2, 0) is 0 Å². The highest BCUT2D eigenvalue weighted by Crippen LogP contribution is 2.48. The van der Waals surface area contributed by atoms with Crippen molar-refractivity contribution in [3.05, 3.63) is 267 Å². The summed E-state index contributed by atoms with van der Waals surface area (Å²) in [6, 6.07) is 96.7. The van der Waals surface area contributed by atoms with Gasteiger partial charge in [-0.25, -0.2) is 0 Å². The van der Waals surface area contributed by atoms with E-state index in [4.69, 9.17) is 4.42 Å². The Hall–Kier alpha value is -9.44. The van der Waals surface area contributed by atoms with Gasteiger partial charge in [0.2, 0.25) is 0 Å². The minimum atomic E-state index is 0.881. The van der Waals surface area contributed by atoms with Gasteiger partial charge in [-0.2, -0.15) is 0 Å². The van der Waals surface area contributed by atoms with Crippen molar-refractivity contribution in [2.24, 2.45) is 0 Å². The average molecular weight is 905 g/mol. The highest BCUT2D eigenvalue weighted by molar-refractivity contribution is 6.13. The molecule has 14 rings (SSSR count). The molecule has 0 aliphatic carbocycles. The van der Waals surface area contributed by atoms with Gasteiger partial charge in [-0.15, -0.1) is 0 Å². The standard InChI is InChI=1S/C68H44N2O/c1-2-20-52-46(17-1)35-36-49-44-50(39-42-53(49)52)55-22-3-9-29-62(55)69(64-31-11-7-25-58(64)60-27-16-28-61-59-26-8-14-34-67(59)71-68(60)61)51-40-37-45(38-41-51)47-18-15-19-48(43-47)54-21-4-10-30-63(54)70-65-32-12-5-23-56(65)57-24-6-13-33-66(57)70/h1-44H. The lowest BCUT2D eigenvalue weighted by Gasteiger charge is -2.30. The van der Waals surface area contributed by atoms with Crippen LogP contribution in [0, 0.1) is 0 Å². The van der Waals surface area contributed by atoms with Crippen LogP contribution in [0.25, 0.3) is 115 Å². The predicted octanol–water partition coefficient (Wildman–Crippen LogP) is 19.1. The number of aromatic nitrogens is 1. The molecule has 3 nitrogen and oxygen atoms in total. The second kappa shape index (κ2) is 16.7. The molecular weight excluding hydrogens is 861 g/mol. The lowest BCUT2D eigenvalue weighted by atomic mass is 9.95. The Labute approximate surface area is 411 Å². The minimum Gasteiger partial charge on any atom is -0.455 e. The zero-order valence-electron chi connectivity index (χ0n) is 38.7. The summed E-state index contributed by atoms with van der Waals surface area (Å²) in [5, 5.41) is 9.69. The quantitative estimate of drug-likeness (QED) is 0.142. The van der Waals surface area contributed by atoms with Crippen molar-refractivity contribution in [3.63, 3.8) is 0 Å². The van der Waals surface area contributed by atoms with E-state index in [0.717, 1.165) is 83.6 Å². The first-order chi connectivity index (χ1) is 35.2. The predicted molar refractivity (Wildman–Crippen MR) is 299 cm³/mol. The van der Waals surface area contributed by atoms with Crippen LogP contribution in [0.4, 0.5) is 17.1 Å². The highest BCUT2D eigenvalue weighted by Gasteiger charge is 2.23. The summed E-state index contributed by atoms with van der Waals surface area (Å²) < 4.78 is 9.12. The molecule has 0 bridgehead atoms. The molecule has 2 aromatic heterocycles. The Morgan fingerprint density at radius 3 is 1.63 bits per heavy atom. The number of fused-ring (bicyclic) bond motifs is 9. The van der Waals surface area contributed by atoms with E-state index in [2.05, 4.69) is 270 Å². The van der Waals surface area contributed by atoms with E-state index in [0.29, 0.717) is 0 Å². The van der Waals surface area contributed by atoms with Gasteiger partial charge in [0, 0.05) is 49.5 Å². The van der Waals surface area contributed by atoms with Crippen LogP contribution in [0.2, 0.25) is 0 Å². The van der Waals surface area contributed by atoms with Crippen molar-refractivity contribution in [2.75, 3.05) is 4.90 Å². The topological polar surface area (TPSA) is 21.3 Å². The maximum absolute atomic E-state index is 6.70. The Kier molecular flexibility index (Phi) is 9.53. The molecule has 0 atom stereocenters. The maximum Gasteiger partial charge on any atom is 0.143 e. The molecule has 0 radical (unpaired) electrons. The first kappa shape index (κ1) is 40.6. The smallest absolute Gasteiger partial charge is 0.143 e. The van der Waals surface area contributed by atoms with Gasteiger partial charge in [0.1, 0.15) is 11.2 Å². The summed E-state index contributed by atoms with van der Waals surface area (Å²) in [7, 11) is 0. The van der Waals surface area contributed by atoms with Crippen molar-refractivity contribution < 1.29 is 4.42 Å². The van der Waals surface area contributed by atoms with Gasteiger partial charge in [-0.3, -0.25) is 0 Å². The molecule has 2 heterocycles. The Balaban J connectivity index is 0.913. The third kappa shape index (κ3) is 6.74. The summed E-state index contributed by atoms with van der Waals surface area (Å²) >= 11 is 0. The third-order valence-electron chi connectivity index (χ3n) is 14.4. The average Bonchev–Trinajstić information content (AvgIpc) is 4.00. The van der Waals surface area contributed by atoms with E-state index in [9.17, 15) is 0 Å². The molecule has 71 heavy (non-hydrogen) atoms. The number of para-hydroxylation sites is 7. The zero-order chi connectivity index (χ0) is 46.8. The van der Waals surface area contributed by atoms with Gasteiger partial charge in [0.15, 0.2) is 0 Å². The number of rotatable bonds is 8. The molecule has 0 aliphatic rings. The van der Waals surface area contributed by atoms with Crippen LogP contribution in [0.3, 0.4) is 0 Å². The first-order valence-corrected chi connectivity index (χ1v) is 24.3. The van der Waals surface area contributed by atoms with Crippen LogP contribution in [-0.4, -0.2) is 4.57 Å². The fourth-order valence-electron chi connectivity index (χ4n) is 11.1. The number of hydrogen-bond donors (Lipinski definition) is 0. The van der Waals surface area contributed by atoms with Crippen molar-refractivity contribution in [3.8, 4) is 50.2 Å². The van der Waals surface area contributed by atoms with E-state index >= 15 is 0 Å². The minimum absolute atomic E-state index is 0.881. The molecule has 0 saturated carbocycles. The number of anilines is 3. The molecule has 14 aromatic rings. The SMILES string of the molecule is c1cc(-c2ccc(N(c3ccccc3-c3ccc4c(ccc5ccccc54)c3)c3ccccc3-c3cccc4c3oc3ccccc34)cc2)cc(-c2ccccc2-n2c3ccccc3c3ccccc32)c1. The molecule has 0 saturated heterocycles. The molecule has 0 aliphatic heterocycles. The fraction of sp³-hybridized carbons (Fsp3) is 0. The van der Waals surface area contributed by atoms with Crippen LogP contribution < -0.4 is 4.90 Å². The summed E-state index contributed by atoms with van der Waals surface area (Å²) in [6.07, 6.45) is 0. The van der Waals surface area contributed by atoms with Crippen LogP contribution in [0.1, 0.15) is 0 Å². The molecular formula is C68H44N2O. The molecule has 0 fully saturated rings. The van der Waals surface area contributed by atoms with Gasteiger partial charge in [0.25, 0.3) is 0 Å². The lowest BCUT2D eigenvalue weighted by Crippen LogP contribution is -2.12. The molecule has 0 unspecified atom stereocenters.